The van der Waals surface area contributed by atoms with Crippen molar-refractivity contribution >= 4 is 5.97 Å². The third-order valence-electron chi connectivity index (χ3n) is 1.44. The zero-order valence-corrected chi connectivity index (χ0v) is 5.67. The van der Waals surface area contributed by atoms with Gasteiger partial charge in [0, 0.05) is 6.61 Å². The summed E-state index contributed by atoms with van der Waals surface area (Å²) >= 11 is 0. The first kappa shape index (κ1) is 7.50. The van der Waals surface area contributed by atoms with Gasteiger partial charge in [-0.3, -0.25) is 4.79 Å². The number of carboxylic acids is 1. The monoisotopic (exact) mass is 145 g/mol. The maximum Gasteiger partial charge on any atom is 0.323 e. The highest BCUT2D eigenvalue weighted by Crippen LogP contribution is 1.93. The molecule has 1 saturated heterocycles. The Morgan fingerprint density at radius 1 is 1.70 bits per heavy atom. The summed E-state index contributed by atoms with van der Waals surface area (Å²) in [5.74, 6) is -0.832. The number of carbonyl (C=O) groups is 1. The standard InChI is InChI=1S/C6H11NO3/c8-6(9)5-4-10-3-1-2-7-5/h5,7H,1-4H2,(H,8,9)/t5-/m0/s1. The Hall–Kier alpha value is -0.610. The van der Waals surface area contributed by atoms with Gasteiger partial charge in [0.05, 0.1) is 6.61 Å². The molecule has 0 unspecified atom stereocenters. The molecular weight excluding hydrogens is 134 g/mol. The van der Waals surface area contributed by atoms with E-state index in [1.54, 1.807) is 0 Å². The SMILES string of the molecule is O=C(O)[C@@H]1COCCCN1. The topological polar surface area (TPSA) is 58.6 Å². The fraction of sp³-hybridized carbons (Fsp3) is 0.833. The Morgan fingerprint density at radius 2 is 2.50 bits per heavy atom. The van der Waals surface area contributed by atoms with Crippen LogP contribution >= 0.6 is 0 Å². The number of carboxylic acid groups (broad SMARTS) is 1. The lowest BCUT2D eigenvalue weighted by Crippen LogP contribution is -2.38. The van der Waals surface area contributed by atoms with E-state index in [4.69, 9.17) is 9.84 Å². The van der Waals surface area contributed by atoms with Crippen LogP contribution in [0.4, 0.5) is 0 Å². The summed E-state index contributed by atoms with van der Waals surface area (Å²) in [5.41, 5.74) is 0. The first-order valence-electron chi connectivity index (χ1n) is 3.34. The molecule has 58 valence electrons. The second-order valence-corrected chi connectivity index (χ2v) is 2.27. The molecule has 0 saturated carbocycles. The molecule has 0 radical (unpaired) electrons. The summed E-state index contributed by atoms with van der Waals surface area (Å²) < 4.78 is 5.03. The molecule has 1 heterocycles. The zero-order valence-electron chi connectivity index (χ0n) is 5.67. The molecule has 0 aromatic heterocycles. The Kier molecular flexibility index (Phi) is 2.65. The van der Waals surface area contributed by atoms with Crippen molar-refractivity contribution in [3.05, 3.63) is 0 Å². The van der Waals surface area contributed by atoms with Gasteiger partial charge in [-0.25, -0.2) is 0 Å². The van der Waals surface area contributed by atoms with Crippen LogP contribution in [0, 0.1) is 0 Å². The van der Waals surface area contributed by atoms with Gasteiger partial charge < -0.3 is 15.2 Å². The van der Waals surface area contributed by atoms with E-state index >= 15 is 0 Å². The second kappa shape index (κ2) is 3.53. The summed E-state index contributed by atoms with van der Waals surface area (Å²) in [5, 5.41) is 11.4. The van der Waals surface area contributed by atoms with E-state index in [-0.39, 0.29) is 6.61 Å². The number of nitrogens with one attached hydrogen (secondary N) is 1. The lowest BCUT2D eigenvalue weighted by Gasteiger charge is -2.07. The van der Waals surface area contributed by atoms with Crippen molar-refractivity contribution in [3.63, 3.8) is 0 Å². The lowest BCUT2D eigenvalue weighted by molar-refractivity contribution is -0.140. The van der Waals surface area contributed by atoms with Crippen LogP contribution in [0.2, 0.25) is 0 Å². The first-order valence-corrected chi connectivity index (χ1v) is 3.34. The predicted molar refractivity (Wildman–Crippen MR) is 34.9 cm³/mol. The minimum absolute atomic E-state index is 0.287. The van der Waals surface area contributed by atoms with Crippen molar-refractivity contribution in [1.29, 1.82) is 0 Å². The summed E-state index contributed by atoms with van der Waals surface area (Å²) in [6.45, 7) is 1.68. The average molecular weight is 145 g/mol. The number of rotatable bonds is 1. The summed E-state index contributed by atoms with van der Waals surface area (Å²) in [7, 11) is 0. The van der Waals surface area contributed by atoms with Crippen LogP contribution in [-0.4, -0.2) is 36.9 Å². The van der Waals surface area contributed by atoms with Gasteiger partial charge in [0.25, 0.3) is 0 Å². The van der Waals surface area contributed by atoms with Crippen LogP contribution in [0.1, 0.15) is 6.42 Å². The molecule has 1 aliphatic rings. The molecule has 0 bridgehead atoms. The van der Waals surface area contributed by atoms with Crippen molar-refractivity contribution in [1.82, 2.24) is 5.32 Å². The smallest absolute Gasteiger partial charge is 0.323 e. The average Bonchev–Trinajstić information content (AvgIpc) is 2.12. The van der Waals surface area contributed by atoms with Crippen molar-refractivity contribution in [2.24, 2.45) is 0 Å². The Bertz CT molecular complexity index is 118. The Morgan fingerprint density at radius 3 is 3.20 bits per heavy atom. The van der Waals surface area contributed by atoms with Crippen molar-refractivity contribution < 1.29 is 14.6 Å². The Balaban J connectivity index is 2.35. The fourth-order valence-electron chi connectivity index (χ4n) is 0.869. The summed E-state index contributed by atoms with van der Waals surface area (Å²) in [6, 6.07) is -0.512. The number of hydrogen-bond donors (Lipinski definition) is 2. The van der Waals surface area contributed by atoms with Gasteiger partial charge in [0.2, 0.25) is 0 Å². The molecule has 4 nitrogen and oxygen atoms in total. The lowest BCUT2D eigenvalue weighted by atomic mass is 10.3. The van der Waals surface area contributed by atoms with Crippen LogP contribution in [-0.2, 0) is 9.53 Å². The second-order valence-electron chi connectivity index (χ2n) is 2.27. The highest BCUT2D eigenvalue weighted by molar-refractivity contribution is 5.73. The highest BCUT2D eigenvalue weighted by Gasteiger charge is 2.18. The molecule has 1 aliphatic heterocycles. The number of hydrogen-bond acceptors (Lipinski definition) is 3. The van der Waals surface area contributed by atoms with E-state index in [9.17, 15) is 4.79 Å². The molecule has 4 heteroatoms. The first-order chi connectivity index (χ1) is 4.80. The molecule has 10 heavy (non-hydrogen) atoms. The van der Waals surface area contributed by atoms with E-state index in [0.29, 0.717) is 6.61 Å². The van der Waals surface area contributed by atoms with Gasteiger partial charge in [-0.05, 0) is 13.0 Å². The van der Waals surface area contributed by atoms with Crippen molar-refractivity contribution in [2.45, 2.75) is 12.5 Å². The molecule has 2 N–H and O–H groups in total. The largest absolute Gasteiger partial charge is 0.480 e. The molecule has 0 amide bonds. The summed E-state index contributed by atoms with van der Waals surface area (Å²) in [4.78, 5) is 10.4. The van der Waals surface area contributed by atoms with Gasteiger partial charge >= 0.3 is 5.97 Å². The van der Waals surface area contributed by atoms with Gasteiger partial charge in [-0.1, -0.05) is 0 Å². The van der Waals surface area contributed by atoms with Gasteiger partial charge in [0.15, 0.2) is 0 Å². The fourth-order valence-corrected chi connectivity index (χ4v) is 0.869. The van der Waals surface area contributed by atoms with E-state index in [1.165, 1.54) is 0 Å². The zero-order chi connectivity index (χ0) is 7.40. The molecule has 1 fully saturated rings. The van der Waals surface area contributed by atoms with Crippen LogP contribution in [0.3, 0.4) is 0 Å². The maximum absolute atomic E-state index is 10.4. The minimum Gasteiger partial charge on any atom is -0.480 e. The Labute approximate surface area is 59.2 Å². The third kappa shape index (κ3) is 1.97. The molecule has 0 aromatic rings. The molecular formula is C6H11NO3. The molecule has 0 aliphatic carbocycles. The van der Waals surface area contributed by atoms with E-state index in [2.05, 4.69) is 5.32 Å². The van der Waals surface area contributed by atoms with E-state index in [1.807, 2.05) is 0 Å². The van der Waals surface area contributed by atoms with Gasteiger partial charge in [-0.15, -0.1) is 0 Å². The summed E-state index contributed by atoms with van der Waals surface area (Å²) in [6.07, 6.45) is 0.893. The number of ether oxygens (including phenoxy) is 1. The number of aliphatic carboxylic acids is 1. The van der Waals surface area contributed by atoms with Crippen LogP contribution in [0.15, 0.2) is 0 Å². The normalized spacial score (nSPS) is 27.4. The van der Waals surface area contributed by atoms with Crippen molar-refractivity contribution in [3.8, 4) is 0 Å². The quantitative estimate of drug-likeness (QED) is 0.519. The molecule has 0 aromatic carbocycles. The minimum atomic E-state index is -0.832. The third-order valence-corrected chi connectivity index (χ3v) is 1.44. The molecule has 1 rings (SSSR count). The molecule has 1 atom stereocenters. The van der Waals surface area contributed by atoms with Crippen LogP contribution in [0.5, 0.6) is 0 Å². The maximum atomic E-state index is 10.4. The van der Waals surface area contributed by atoms with Crippen molar-refractivity contribution in [2.75, 3.05) is 19.8 Å². The molecule has 0 spiro atoms. The highest BCUT2D eigenvalue weighted by atomic mass is 16.5. The van der Waals surface area contributed by atoms with Crippen LogP contribution < -0.4 is 5.32 Å². The predicted octanol–water partition coefficient (Wildman–Crippen LogP) is -0.551. The van der Waals surface area contributed by atoms with Crippen LogP contribution in [0.25, 0.3) is 0 Å². The van der Waals surface area contributed by atoms with E-state index < -0.39 is 12.0 Å². The van der Waals surface area contributed by atoms with Gasteiger partial charge in [-0.2, -0.15) is 0 Å². The van der Waals surface area contributed by atoms with E-state index in [0.717, 1.165) is 13.0 Å². The van der Waals surface area contributed by atoms with Gasteiger partial charge in [0.1, 0.15) is 6.04 Å².